The molecule has 1 saturated heterocycles. The number of rotatable bonds is 0. The van der Waals surface area contributed by atoms with E-state index < -0.39 is 0 Å². The minimum atomic E-state index is 0.170. The summed E-state index contributed by atoms with van der Waals surface area (Å²) < 4.78 is 10.9. The summed E-state index contributed by atoms with van der Waals surface area (Å²) in [4.78, 5) is 4.16. The van der Waals surface area contributed by atoms with Crippen molar-refractivity contribution >= 4 is 6.21 Å². The molecular formula is C12H13NO2. The molecule has 0 spiro atoms. The second-order valence-corrected chi connectivity index (χ2v) is 3.97. The van der Waals surface area contributed by atoms with Crippen molar-refractivity contribution in [3.63, 3.8) is 0 Å². The fraction of sp³-hybridized carbons (Fsp3) is 0.417. The van der Waals surface area contributed by atoms with Gasteiger partial charge < -0.3 is 9.47 Å². The summed E-state index contributed by atoms with van der Waals surface area (Å²) in [5.74, 6) is 1.51. The van der Waals surface area contributed by atoms with E-state index in [-0.39, 0.29) is 6.10 Å². The normalized spacial score (nSPS) is 38.7. The Balaban J connectivity index is 1.95. The lowest BCUT2D eigenvalue weighted by Gasteiger charge is -2.25. The van der Waals surface area contributed by atoms with Gasteiger partial charge in [0.1, 0.15) is 11.9 Å². The molecule has 3 rings (SSSR count). The average molecular weight is 203 g/mol. The summed E-state index contributed by atoms with van der Waals surface area (Å²) in [5.41, 5.74) is 1.33. The Bertz CT molecular complexity index is 379. The SMILES string of the molecule is C1=N/C=C\C=C2\C=C3OCOC3CC2C1. The van der Waals surface area contributed by atoms with E-state index in [0.29, 0.717) is 12.7 Å². The summed E-state index contributed by atoms with van der Waals surface area (Å²) >= 11 is 0. The zero-order valence-corrected chi connectivity index (χ0v) is 8.43. The van der Waals surface area contributed by atoms with Crippen molar-refractivity contribution in [1.29, 1.82) is 0 Å². The van der Waals surface area contributed by atoms with Crippen LogP contribution in [0.5, 0.6) is 0 Å². The van der Waals surface area contributed by atoms with Crippen molar-refractivity contribution in [3.8, 4) is 0 Å². The van der Waals surface area contributed by atoms with Crippen molar-refractivity contribution in [2.75, 3.05) is 6.79 Å². The molecule has 0 N–H and O–H groups in total. The van der Waals surface area contributed by atoms with Crippen LogP contribution in [0.15, 0.2) is 40.8 Å². The van der Waals surface area contributed by atoms with E-state index in [4.69, 9.17) is 9.47 Å². The van der Waals surface area contributed by atoms with Gasteiger partial charge in [0.15, 0.2) is 6.79 Å². The van der Waals surface area contributed by atoms with Crippen LogP contribution in [0, 0.1) is 5.92 Å². The van der Waals surface area contributed by atoms with Gasteiger partial charge in [0.25, 0.3) is 0 Å². The molecule has 3 aliphatic rings. The Morgan fingerprint density at radius 3 is 3.40 bits per heavy atom. The van der Waals surface area contributed by atoms with Crippen LogP contribution in [-0.4, -0.2) is 19.1 Å². The minimum Gasteiger partial charge on any atom is -0.469 e. The molecule has 3 heteroatoms. The number of allylic oxidation sites excluding steroid dienone is 4. The standard InChI is InChI=1S/C12H13NO2/c1-2-9-6-11-12(15-8-14-11)7-10(9)3-5-13-4-1/h1-2,4-6,10,12H,3,7-8H2/b4-1-,9-2-,13-5?. The van der Waals surface area contributed by atoms with Crippen molar-refractivity contribution in [1.82, 2.24) is 0 Å². The number of fused-ring (bicyclic) bond motifs is 2. The van der Waals surface area contributed by atoms with Crippen LogP contribution in [-0.2, 0) is 9.47 Å². The molecule has 15 heavy (non-hydrogen) atoms. The van der Waals surface area contributed by atoms with Gasteiger partial charge in [-0.2, -0.15) is 0 Å². The molecule has 3 nitrogen and oxygen atoms in total. The van der Waals surface area contributed by atoms with Gasteiger partial charge in [-0.1, -0.05) is 6.08 Å². The number of aliphatic imine (C=N–C) groups is 1. The summed E-state index contributed by atoms with van der Waals surface area (Å²) in [5, 5.41) is 0. The molecule has 1 fully saturated rings. The number of nitrogens with zero attached hydrogens (tertiary/aromatic N) is 1. The predicted octanol–water partition coefficient (Wildman–Crippen LogP) is 2.18. The number of hydrogen-bond donors (Lipinski definition) is 0. The van der Waals surface area contributed by atoms with E-state index in [0.717, 1.165) is 18.6 Å². The first-order valence-electron chi connectivity index (χ1n) is 5.28. The first-order valence-corrected chi connectivity index (χ1v) is 5.28. The molecule has 2 heterocycles. The monoisotopic (exact) mass is 203 g/mol. The van der Waals surface area contributed by atoms with Crippen LogP contribution in [0.2, 0.25) is 0 Å². The van der Waals surface area contributed by atoms with Crippen LogP contribution in [0.4, 0.5) is 0 Å². The highest BCUT2D eigenvalue weighted by atomic mass is 16.7. The third kappa shape index (κ3) is 1.63. The average Bonchev–Trinajstić information content (AvgIpc) is 2.64. The maximum absolute atomic E-state index is 5.50. The Kier molecular flexibility index (Phi) is 2.18. The lowest BCUT2D eigenvalue weighted by Crippen LogP contribution is -2.21. The van der Waals surface area contributed by atoms with Gasteiger partial charge in [-0.25, -0.2) is 0 Å². The van der Waals surface area contributed by atoms with Gasteiger partial charge in [-0.3, -0.25) is 4.99 Å². The van der Waals surface area contributed by atoms with E-state index >= 15 is 0 Å². The van der Waals surface area contributed by atoms with E-state index in [9.17, 15) is 0 Å². The third-order valence-corrected chi connectivity index (χ3v) is 3.05. The first kappa shape index (κ1) is 8.92. The minimum absolute atomic E-state index is 0.170. The Morgan fingerprint density at radius 1 is 1.40 bits per heavy atom. The highest BCUT2D eigenvalue weighted by Gasteiger charge is 2.32. The molecule has 0 bridgehead atoms. The van der Waals surface area contributed by atoms with E-state index in [1.165, 1.54) is 5.57 Å². The topological polar surface area (TPSA) is 30.8 Å². The van der Waals surface area contributed by atoms with Crippen LogP contribution >= 0.6 is 0 Å². The van der Waals surface area contributed by atoms with Gasteiger partial charge >= 0.3 is 0 Å². The first-order chi connectivity index (χ1) is 7.43. The molecular weight excluding hydrogens is 190 g/mol. The molecule has 0 amide bonds. The summed E-state index contributed by atoms with van der Waals surface area (Å²) in [6, 6.07) is 0. The zero-order valence-electron chi connectivity index (χ0n) is 8.43. The molecule has 2 unspecified atom stereocenters. The number of ether oxygens (including phenoxy) is 2. The van der Waals surface area contributed by atoms with Crippen molar-refractivity contribution in [3.05, 3.63) is 35.8 Å². The van der Waals surface area contributed by atoms with Gasteiger partial charge in [0.2, 0.25) is 0 Å². The fourth-order valence-electron chi connectivity index (χ4n) is 2.22. The van der Waals surface area contributed by atoms with Crippen LogP contribution < -0.4 is 0 Å². The highest BCUT2D eigenvalue weighted by molar-refractivity contribution is 5.60. The van der Waals surface area contributed by atoms with Crippen LogP contribution in [0.1, 0.15) is 12.8 Å². The Labute approximate surface area is 88.8 Å². The van der Waals surface area contributed by atoms with E-state index in [2.05, 4.69) is 17.1 Å². The lowest BCUT2D eigenvalue weighted by molar-refractivity contribution is 0.0441. The van der Waals surface area contributed by atoms with E-state index in [1.807, 2.05) is 18.5 Å². The Hall–Kier alpha value is -1.35. The second-order valence-electron chi connectivity index (χ2n) is 3.97. The van der Waals surface area contributed by atoms with Crippen molar-refractivity contribution in [2.24, 2.45) is 10.9 Å². The third-order valence-electron chi connectivity index (χ3n) is 3.05. The molecule has 0 saturated carbocycles. The summed E-state index contributed by atoms with van der Waals surface area (Å²) in [7, 11) is 0. The predicted molar refractivity (Wildman–Crippen MR) is 57.3 cm³/mol. The number of hydrogen-bond acceptors (Lipinski definition) is 3. The highest BCUT2D eigenvalue weighted by Crippen LogP contribution is 2.35. The Morgan fingerprint density at radius 2 is 2.40 bits per heavy atom. The molecule has 0 radical (unpaired) electrons. The zero-order chi connectivity index (χ0) is 10.1. The van der Waals surface area contributed by atoms with Crippen LogP contribution in [0.25, 0.3) is 0 Å². The largest absolute Gasteiger partial charge is 0.469 e. The fourth-order valence-corrected chi connectivity index (χ4v) is 2.22. The van der Waals surface area contributed by atoms with Gasteiger partial charge in [-0.05, 0) is 36.5 Å². The molecule has 78 valence electrons. The van der Waals surface area contributed by atoms with Crippen molar-refractivity contribution in [2.45, 2.75) is 18.9 Å². The molecule has 2 aliphatic heterocycles. The smallest absolute Gasteiger partial charge is 0.189 e. The molecule has 1 aliphatic carbocycles. The maximum atomic E-state index is 5.50. The van der Waals surface area contributed by atoms with Gasteiger partial charge in [-0.15, -0.1) is 0 Å². The van der Waals surface area contributed by atoms with Gasteiger partial charge in [0, 0.05) is 12.4 Å². The molecule has 0 aromatic carbocycles. The molecule has 2 atom stereocenters. The maximum Gasteiger partial charge on any atom is 0.189 e. The van der Waals surface area contributed by atoms with E-state index in [1.54, 1.807) is 0 Å². The quantitative estimate of drug-likeness (QED) is 0.604. The lowest BCUT2D eigenvalue weighted by atomic mass is 9.84. The molecule has 0 aromatic rings. The second kappa shape index (κ2) is 3.66. The summed E-state index contributed by atoms with van der Waals surface area (Å²) in [6.45, 7) is 0.403. The van der Waals surface area contributed by atoms with Crippen LogP contribution in [0.3, 0.4) is 0 Å². The summed E-state index contributed by atoms with van der Waals surface area (Å²) in [6.07, 6.45) is 12.2. The molecule has 0 aromatic heterocycles. The van der Waals surface area contributed by atoms with Crippen molar-refractivity contribution < 1.29 is 9.47 Å². The van der Waals surface area contributed by atoms with Gasteiger partial charge in [0.05, 0.1) is 0 Å².